The quantitative estimate of drug-likeness (QED) is 0.374. The molecule has 0 aliphatic heterocycles. The van der Waals surface area contributed by atoms with Crippen molar-refractivity contribution in [1.82, 2.24) is 5.32 Å². The van der Waals surface area contributed by atoms with Gasteiger partial charge in [0.1, 0.15) is 23.4 Å². The normalized spacial score (nSPS) is 11.4. The van der Waals surface area contributed by atoms with Crippen LogP contribution < -0.4 is 21.1 Å². The number of benzene rings is 3. The Morgan fingerprint density at radius 1 is 1.00 bits per heavy atom. The van der Waals surface area contributed by atoms with Crippen LogP contribution >= 0.6 is 0 Å². The topological polar surface area (TPSA) is 123 Å². The zero-order valence-corrected chi connectivity index (χ0v) is 17.0. The highest BCUT2D eigenvalue weighted by atomic mass is 19.1. The number of ether oxygens (including phenoxy) is 2. The fraction of sp³-hybridized carbons (Fsp3) is 0.130. The van der Waals surface area contributed by atoms with Gasteiger partial charge in [0.15, 0.2) is 0 Å². The summed E-state index contributed by atoms with van der Waals surface area (Å²) < 4.78 is 24.1. The van der Waals surface area contributed by atoms with Crippen molar-refractivity contribution in [3.63, 3.8) is 0 Å². The number of carbonyl (C=O) groups is 2. The first-order valence-electron chi connectivity index (χ1n) is 9.65. The molecule has 0 heterocycles. The minimum absolute atomic E-state index is 0.168. The smallest absolute Gasteiger partial charge is 0.405 e. The summed E-state index contributed by atoms with van der Waals surface area (Å²) in [5.74, 6) is -0.200. The van der Waals surface area contributed by atoms with Gasteiger partial charge in [-0.25, -0.2) is 9.18 Å². The lowest BCUT2D eigenvalue weighted by Crippen LogP contribution is -2.46. The number of amides is 2. The number of halogens is 1. The Labute approximate surface area is 183 Å². The molecule has 0 fully saturated rings. The van der Waals surface area contributed by atoms with Crippen LogP contribution in [0.25, 0.3) is 0 Å². The van der Waals surface area contributed by atoms with Crippen molar-refractivity contribution in [2.75, 3.05) is 17.7 Å². The lowest BCUT2D eigenvalue weighted by Gasteiger charge is -2.18. The number of carbonyl (C=O) groups excluding carboxylic acids is 1. The molecule has 5 N–H and O–H groups in total. The third-order valence-corrected chi connectivity index (χ3v) is 4.34. The fourth-order valence-corrected chi connectivity index (χ4v) is 2.78. The molecule has 3 aromatic carbocycles. The van der Waals surface area contributed by atoms with Gasteiger partial charge in [0.2, 0.25) is 5.91 Å². The van der Waals surface area contributed by atoms with Crippen LogP contribution in [-0.4, -0.2) is 29.8 Å². The molecular formula is C23H22FN3O5. The predicted octanol–water partition coefficient (Wildman–Crippen LogP) is 3.99. The van der Waals surface area contributed by atoms with Gasteiger partial charge in [-0.05, 0) is 42.0 Å². The van der Waals surface area contributed by atoms with E-state index in [0.717, 1.165) is 5.56 Å². The van der Waals surface area contributed by atoms with Crippen molar-refractivity contribution in [3.8, 4) is 11.5 Å². The Balaban J connectivity index is 1.61. The molecule has 0 saturated heterocycles. The first kappa shape index (κ1) is 22.6. The Morgan fingerprint density at radius 2 is 1.69 bits per heavy atom. The monoisotopic (exact) mass is 439 g/mol. The number of hydrogen-bond acceptors (Lipinski definition) is 5. The van der Waals surface area contributed by atoms with Gasteiger partial charge in [0, 0.05) is 6.07 Å². The number of rotatable bonds is 9. The summed E-state index contributed by atoms with van der Waals surface area (Å²) >= 11 is 0. The lowest BCUT2D eigenvalue weighted by atomic mass is 10.2. The van der Waals surface area contributed by atoms with E-state index in [-0.39, 0.29) is 30.4 Å². The Hall–Kier alpha value is -4.11. The van der Waals surface area contributed by atoms with Gasteiger partial charge in [0.25, 0.3) is 0 Å². The first-order valence-corrected chi connectivity index (χ1v) is 9.65. The highest BCUT2D eigenvalue weighted by Gasteiger charge is 2.22. The second kappa shape index (κ2) is 10.8. The van der Waals surface area contributed by atoms with Gasteiger partial charge in [-0.1, -0.05) is 30.3 Å². The molecule has 0 radical (unpaired) electrons. The zero-order valence-electron chi connectivity index (χ0n) is 17.0. The summed E-state index contributed by atoms with van der Waals surface area (Å²) in [6.45, 7) is 0.0577. The van der Waals surface area contributed by atoms with Crippen LogP contribution in [-0.2, 0) is 16.1 Å². The summed E-state index contributed by atoms with van der Waals surface area (Å²) in [5.41, 5.74) is 7.38. The van der Waals surface area contributed by atoms with E-state index in [2.05, 4.69) is 10.6 Å². The van der Waals surface area contributed by atoms with Crippen LogP contribution in [0.15, 0.2) is 72.8 Å². The number of hydrogen-bond donors (Lipinski definition) is 4. The van der Waals surface area contributed by atoms with Gasteiger partial charge in [0.05, 0.1) is 24.6 Å². The van der Waals surface area contributed by atoms with E-state index in [1.165, 1.54) is 36.4 Å². The zero-order chi connectivity index (χ0) is 22.9. The SMILES string of the molecule is Nc1cc(Oc2ccc(F)cc2)ccc1NC(=O)C(COCc1ccccc1)NC(=O)O. The van der Waals surface area contributed by atoms with E-state index in [1.54, 1.807) is 6.07 Å². The Kier molecular flexibility index (Phi) is 7.60. The van der Waals surface area contributed by atoms with E-state index in [1.807, 2.05) is 30.3 Å². The van der Waals surface area contributed by atoms with Gasteiger partial charge in [-0.2, -0.15) is 0 Å². The third-order valence-electron chi connectivity index (χ3n) is 4.34. The molecule has 32 heavy (non-hydrogen) atoms. The Bertz CT molecular complexity index is 1060. The highest BCUT2D eigenvalue weighted by molar-refractivity contribution is 5.98. The lowest BCUT2D eigenvalue weighted by molar-refractivity contribution is -0.119. The van der Waals surface area contributed by atoms with E-state index >= 15 is 0 Å². The van der Waals surface area contributed by atoms with Crippen molar-refractivity contribution in [3.05, 3.63) is 84.2 Å². The average molecular weight is 439 g/mol. The molecule has 166 valence electrons. The molecule has 2 amide bonds. The van der Waals surface area contributed by atoms with Gasteiger partial charge < -0.3 is 30.9 Å². The number of anilines is 2. The van der Waals surface area contributed by atoms with Crippen LogP contribution in [0, 0.1) is 5.82 Å². The van der Waals surface area contributed by atoms with E-state index < -0.39 is 18.0 Å². The molecule has 0 aliphatic rings. The predicted molar refractivity (Wildman–Crippen MR) is 117 cm³/mol. The number of carboxylic acid groups (broad SMARTS) is 1. The molecule has 0 bridgehead atoms. The van der Waals surface area contributed by atoms with Gasteiger partial charge in [-0.15, -0.1) is 0 Å². The summed E-state index contributed by atoms with van der Waals surface area (Å²) in [6.07, 6.45) is -1.36. The molecule has 1 unspecified atom stereocenters. The second-order valence-corrected chi connectivity index (χ2v) is 6.80. The van der Waals surface area contributed by atoms with E-state index in [9.17, 15) is 14.0 Å². The van der Waals surface area contributed by atoms with Crippen molar-refractivity contribution in [2.45, 2.75) is 12.6 Å². The maximum atomic E-state index is 13.0. The maximum absolute atomic E-state index is 13.0. The fourth-order valence-electron chi connectivity index (χ4n) is 2.78. The van der Waals surface area contributed by atoms with Crippen LogP contribution in [0.2, 0.25) is 0 Å². The number of nitrogens with one attached hydrogen (secondary N) is 2. The minimum atomic E-state index is -1.36. The second-order valence-electron chi connectivity index (χ2n) is 6.80. The molecule has 3 aromatic rings. The summed E-state index contributed by atoms with van der Waals surface area (Å²) in [6, 6.07) is 18.2. The van der Waals surface area contributed by atoms with Crippen molar-refractivity contribution in [2.24, 2.45) is 0 Å². The van der Waals surface area contributed by atoms with Crippen molar-refractivity contribution in [1.29, 1.82) is 0 Å². The summed E-state index contributed by atoms with van der Waals surface area (Å²) in [4.78, 5) is 23.7. The molecule has 0 aliphatic carbocycles. The Morgan fingerprint density at radius 3 is 2.34 bits per heavy atom. The van der Waals surface area contributed by atoms with Crippen molar-refractivity contribution >= 4 is 23.4 Å². The average Bonchev–Trinajstić information content (AvgIpc) is 2.77. The molecule has 1 atom stereocenters. The van der Waals surface area contributed by atoms with E-state index in [4.69, 9.17) is 20.3 Å². The molecule has 0 aromatic heterocycles. The molecule has 0 spiro atoms. The van der Waals surface area contributed by atoms with Gasteiger partial charge in [-0.3, -0.25) is 4.79 Å². The molecule has 3 rings (SSSR count). The maximum Gasteiger partial charge on any atom is 0.405 e. The third kappa shape index (κ3) is 6.71. The standard InChI is InChI=1S/C23H22FN3O5/c24-16-6-8-17(9-7-16)32-18-10-11-20(19(25)12-18)26-22(28)21(27-23(29)30)14-31-13-15-4-2-1-3-5-15/h1-12,21,27H,13-14,25H2,(H,26,28)(H,29,30). The van der Waals surface area contributed by atoms with Crippen LogP contribution in [0.5, 0.6) is 11.5 Å². The minimum Gasteiger partial charge on any atom is -0.465 e. The number of nitrogen functional groups attached to an aromatic ring is 1. The molecule has 8 nitrogen and oxygen atoms in total. The first-order chi connectivity index (χ1) is 15.4. The van der Waals surface area contributed by atoms with Crippen LogP contribution in [0.4, 0.5) is 20.6 Å². The number of nitrogens with two attached hydrogens (primary N) is 1. The van der Waals surface area contributed by atoms with E-state index in [0.29, 0.717) is 11.5 Å². The molecule has 0 saturated carbocycles. The van der Waals surface area contributed by atoms with Crippen LogP contribution in [0.3, 0.4) is 0 Å². The van der Waals surface area contributed by atoms with Gasteiger partial charge >= 0.3 is 6.09 Å². The highest BCUT2D eigenvalue weighted by Crippen LogP contribution is 2.28. The molecule has 9 heteroatoms. The van der Waals surface area contributed by atoms with Crippen molar-refractivity contribution < 1.29 is 28.6 Å². The summed E-state index contributed by atoms with van der Waals surface area (Å²) in [7, 11) is 0. The largest absolute Gasteiger partial charge is 0.465 e. The van der Waals surface area contributed by atoms with Crippen LogP contribution in [0.1, 0.15) is 5.56 Å². The summed E-state index contributed by atoms with van der Waals surface area (Å²) in [5, 5.41) is 13.8. The molecular weight excluding hydrogens is 417 g/mol.